The van der Waals surface area contributed by atoms with E-state index in [1.54, 1.807) is 11.3 Å². The highest BCUT2D eigenvalue weighted by atomic mass is 32.1. The molecule has 0 fully saturated rings. The molecule has 3 heterocycles. The van der Waals surface area contributed by atoms with Crippen LogP contribution in [0.15, 0.2) is 127 Å². The van der Waals surface area contributed by atoms with Gasteiger partial charge in [0.2, 0.25) is 5.95 Å². The summed E-state index contributed by atoms with van der Waals surface area (Å²) in [6, 6.07) is 43.2. The van der Waals surface area contributed by atoms with Gasteiger partial charge in [-0.2, -0.15) is 0 Å². The Morgan fingerprint density at radius 1 is 0.628 bits per heavy atom. The molecule has 0 radical (unpaired) electrons. The van der Waals surface area contributed by atoms with E-state index in [2.05, 4.69) is 139 Å². The number of nitrogens with zero attached hydrogens (tertiary/aromatic N) is 3. The Morgan fingerprint density at radius 2 is 1.37 bits per heavy atom. The maximum atomic E-state index is 5.33. The van der Waals surface area contributed by atoms with E-state index in [0.29, 0.717) is 5.95 Å². The third kappa shape index (κ3) is 3.47. The van der Waals surface area contributed by atoms with Crippen LogP contribution in [0.4, 0.5) is 0 Å². The fraction of sp³-hybridized carbons (Fsp3) is 0.0769. The van der Waals surface area contributed by atoms with Crippen LogP contribution in [-0.4, -0.2) is 14.5 Å². The summed E-state index contributed by atoms with van der Waals surface area (Å²) in [6.45, 7) is 4.70. The molecule has 5 aromatic carbocycles. The monoisotopic (exact) mass is 569 g/mol. The Kier molecular flexibility index (Phi) is 5.12. The molecule has 43 heavy (non-hydrogen) atoms. The van der Waals surface area contributed by atoms with Crippen molar-refractivity contribution >= 4 is 43.2 Å². The highest BCUT2D eigenvalue weighted by molar-refractivity contribution is 7.17. The van der Waals surface area contributed by atoms with Crippen LogP contribution in [-0.2, 0) is 5.41 Å². The molecular weight excluding hydrogens is 543 g/mol. The predicted molar refractivity (Wildman–Crippen MR) is 180 cm³/mol. The van der Waals surface area contributed by atoms with Crippen LogP contribution < -0.4 is 0 Å². The van der Waals surface area contributed by atoms with Gasteiger partial charge in [-0.15, -0.1) is 11.3 Å². The van der Waals surface area contributed by atoms with E-state index in [9.17, 15) is 0 Å². The lowest BCUT2D eigenvalue weighted by Crippen LogP contribution is -2.14. The summed E-state index contributed by atoms with van der Waals surface area (Å²) in [5, 5.41) is 5.90. The number of aromatic nitrogens is 3. The van der Waals surface area contributed by atoms with Crippen LogP contribution in [0, 0.1) is 0 Å². The van der Waals surface area contributed by atoms with Crippen LogP contribution >= 0.6 is 11.3 Å². The Morgan fingerprint density at radius 3 is 2.26 bits per heavy atom. The molecular formula is C39H27N3S. The van der Waals surface area contributed by atoms with Gasteiger partial charge >= 0.3 is 0 Å². The average molecular weight is 570 g/mol. The molecule has 1 aliphatic carbocycles. The van der Waals surface area contributed by atoms with Gasteiger partial charge in [-0.05, 0) is 46.3 Å². The Bertz CT molecular complexity index is 2380. The van der Waals surface area contributed by atoms with Gasteiger partial charge in [0, 0.05) is 43.0 Å². The lowest BCUT2D eigenvalue weighted by Gasteiger charge is -2.21. The van der Waals surface area contributed by atoms with Crippen molar-refractivity contribution in [1.29, 1.82) is 0 Å². The second kappa shape index (κ2) is 8.97. The molecule has 4 heteroatoms. The van der Waals surface area contributed by atoms with Crippen LogP contribution in [0.5, 0.6) is 0 Å². The summed E-state index contributed by atoms with van der Waals surface area (Å²) >= 11 is 1.81. The molecule has 0 bridgehead atoms. The number of thiophene rings is 1. The topological polar surface area (TPSA) is 30.7 Å². The van der Waals surface area contributed by atoms with E-state index >= 15 is 0 Å². The first-order valence-corrected chi connectivity index (χ1v) is 15.6. The summed E-state index contributed by atoms with van der Waals surface area (Å²) in [4.78, 5) is 10.5. The molecule has 1 aliphatic rings. The van der Waals surface area contributed by atoms with Crippen molar-refractivity contribution in [1.82, 2.24) is 14.5 Å². The molecule has 0 spiro atoms. The highest BCUT2D eigenvalue weighted by Crippen LogP contribution is 2.54. The molecule has 0 N–H and O–H groups in total. The molecule has 0 saturated heterocycles. The zero-order chi connectivity index (χ0) is 28.7. The lowest BCUT2D eigenvalue weighted by atomic mass is 9.81. The Balaban J connectivity index is 1.39. The van der Waals surface area contributed by atoms with E-state index in [4.69, 9.17) is 9.97 Å². The van der Waals surface area contributed by atoms with Gasteiger partial charge in [0.15, 0.2) is 0 Å². The van der Waals surface area contributed by atoms with Crippen LogP contribution in [0.2, 0.25) is 0 Å². The van der Waals surface area contributed by atoms with Crippen molar-refractivity contribution in [3.8, 4) is 39.6 Å². The normalized spacial score (nSPS) is 13.5. The molecule has 8 aromatic rings. The van der Waals surface area contributed by atoms with E-state index in [1.165, 1.54) is 49.0 Å². The minimum Gasteiger partial charge on any atom is -0.278 e. The number of rotatable bonds is 3. The summed E-state index contributed by atoms with van der Waals surface area (Å²) in [6.07, 6.45) is 0. The first kappa shape index (κ1) is 24.5. The fourth-order valence-electron chi connectivity index (χ4n) is 7.11. The first-order valence-electron chi connectivity index (χ1n) is 14.7. The summed E-state index contributed by atoms with van der Waals surface area (Å²) in [5.74, 6) is 0.699. The van der Waals surface area contributed by atoms with Gasteiger partial charge in [-0.25, -0.2) is 9.97 Å². The second-order valence-corrected chi connectivity index (χ2v) is 12.8. The third-order valence-corrected chi connectivity index (χ3v) is 10.0. The molecule has 0 atom stereocenters. The summed E-state index contributed by atoms with van der Waals surface area (Å²) in [5.41, 5.74) is 11.6. The fourth-order valence-corrected chi connectivity index (χ4v) is 8.08. The van der Waals surface area contributed by atoms with Gasteiger partial charge in [-0.3, -0.25) is 4.57 Å². The maximum absolute atomic E-state index is 5.33. The van der Waals surface area contributed by atoms with E-state index in [0.717, 1.165) is 27.7 Å². The SMILES string of the molecule is CC1(C)c2ccccc2-c2c1c1cc(-c3csc4ccccc34)ccc1n2-c1nc(-c2ccccc2)c2ccccc2n1. The van der Waals surface area contributed by atoms with Crippen LogP contribution in [0.1, 0.15) is 25.0 Å². The maximum Gasteiger partial charge on any atom is 0.235 e. The minimum atomic E-state index is -0.177. The molecule has 204 valence electrons. The van der Waals surface area contributed by atoms with Gasteiger partial charge in [0.25, 0.3) is 0 Å². The number of fused-ring (bicyclic) bond motifs is 7. The first-order chi connectivity index (χ1) is 21.1. The van der Waals surface area contributed by atoms with Crippen molar-refractivity contribution in [2.75, 3.05) is 0 Å². The number of para-hydroxylation sites is 1. The quantitative estimate of drug-likeness (QED) is 0.212. The van der Waals surface area contributed by atoms with Crippen LogP contribution in [0.25, 0.3) is 71.5 Å². The van der Waals surface area contributed by atoms with Crippen molar-refractivity contribution in [3.63, 3.8) is 0 Å². The summed E-state index contributed by atoms with van der Waals surface area (Å²) in [7, 11) is 0. The van der Waals surface area contributed by atoms with Crippen molar-refractivity contribution < 1.29 is 0 Å². The average Bonchev–Trinajstić information content (AvgIpc) is 3.70. The van der Waals surface area contributed by atoms with E-state index in [-0.39, 0.29) is 5.41 Å². The minimum absolute atomic E-state index is 0.177. The highest BCUT2D eigenvalue weighted by Gasteiger charge is 2.41. The van der Waals surface area contributed by atoms with E-state index < -0.39 is 0 Å². The Labute approximate surface area is 253 Å². The lowest BCUT2D eigenvalue weighted by molar-refractivity contribution is 0.666. The Hall–Kier alpha value is -5.06. The van der Waals surface area contributed by atoms with Gasteiger partial charge in [0.1, 0.15) is 0 Å². The predicted octanol–water partition coefficient (Wildman–Crippen LogP) is 10.4. The summed E-state index contributed by atoms with van der Waals surface area (Å²) < 4.78 is 3.62. The number of benzene rings is 5. The molecule has 3 nitrogen and oxygen atoms in total. The zero-order valence-corrected chi connectivity index (χ0v) is 24.7. The second-order valence-electron chi connectivity index (χ2n) is 11.9. The van der Waals surface area contributed by atoms with Gasteiger partial charge < -0.3 is 0 Å². The smallest absolute Gasteiger partial charge is 0.235 e. The number of hydrogen-bond donors (Lipinski definition) is 0. The third-order valence-electron chi connectivity index (χ3n) is 9.08. The molecule has 9 rings (SSSR count). The van der Waals surface area contributed by atoms with Crippen LogP contribution in [0.3, 0.4) is 0 Å². The molecule has 0 saturated carbocycles. The molecule has 3 aromatic heterocycles. The van der Waals surface area contributed by atoms with Gasteiger partial charge in [0.05, 0.1) is 22.4 Å². The zero-order valence-electron chi connectivity index (χ0n) is 23.9. The standard InChI is InChI=1S/C39H27N3S/c1-39(2)31-17-9-6-15-27(31)37-35(39)29-22-25(30-23-43-34-19-11-8-14-26(30)34)20-21-33(29)42(37)38-40-32-18-10-7-16-28(32)36(41-38)24-12-4-3-5-13-24/h3-23H,1-2H3. The van der Waals surface area contributed by atoms with Crippen molar-refractivity contribution in [2.24, 2.45) is 0 Å². The van der Waals surface area contributed by atoms with Gasteiger partial charge in [-0.1, -0.05) is 111 Å². The number of hydrogen-bond acceptors (Lipinski definition) is 3. The molecule has 0 aliphatic heterocycles. The molecule has 0 unspecified atom stereocenters. The van der Waals surface area contributed by atoms with E-state index in [1.807, 2.05) is 6.07 Å². The largest absolute Gasteiger partial charge is 0.278 e. The van der Waals surface area contributed by atoms with Crippen molar-refractivity contribution in [2.45, 2.75) is 19.3 Å². The van der Waals surface area contributed by atoms with Crippen molar-refractivity contribution in [3.05, 3.63) is 138 Å². The molecule has 0 amide bonds.